The van der Waals surface area contributed by atoms with E-state index >= 15 is 0 Å². The lowest BCUT2D eigenvalue weighted by atomic mass is 9.83. The summed E-state index contributed by atoms with van der Waals surface area (Å²) in [5.74, 6) is -0.176. The average molecular weight is 479 g/mol. The minimum atomic E-state index is -1.17. The van der Waals surface area contributed by atoms with Gasteiger partial charge in [-0.1, -0.05) is 54.9 Å². The molecule has 0 saturated carbocycles. The molecule has 0 amide bonds. The number of hydrogen-bond donors (Lipinski definition) is 1. The molecule has 29 heavy (non-hydrogen) atoms. The van der Waals surface area contributed by atoms with Gasteiger partial charge in [-0.3, -0.25) is 0 Å². The van der Waals surface area contributed by atoms with Crippen molar-refractivity contribution in [2.45, 2.75) is 25.0 Å². The minimum Gasteiger partial charge on any atom is -0.477 e. The van der Waals surface area contributed by atoms with Gasteiger partial charge in [0.15, 0.2) is 5.60 Å². The van der Waals surface area contributed by atoms with Gasteiger partial charge in [0, 0.05) is 28.1 Å². The fraction of sp³-hybridized carbons (Fsp3) is 0.227. The number of pyridine rings is 1. The van der Waals surface area contributed by atoms with E-state index in [1.807, 2.05) is 37.3 Å². The van der Waals surface area contributed by atoms with Gasteiger partial charge in [0.1, 0.15) is 18.2 Å². The lowest BCUT2D eigenvalue weighted by Gasteiger charge is -2.30. The van der Waals surface area contributed by atoms with Crippen LogP contribution in [0.1, 0.15) is 29.7 Å². The number of aliphatic hydroxyl groups excluding tert-OH is 1. The smallest absolute Gasteiger partial charge is 0.213 e. The summed E-state index contributed by atoms with van der Waals surface area (Å²) in [5, 5.41) is 10.3. The molecule has 1 aliphatic heterocycles. The Morgan fingerprint density at radius 2 is 2.00 bits per heavy atom. The predicted molar refractivity (Wildman–Crippen MR) is 112 cm³/mol. The van der Waals surface area contributed by atoms with Crippen LogP contribution in [-0.4, -0.2) is 16.7 Å². The second-order valence-electron chi connectivity index (χ2n) is 6.90. The zero-order chi connectivity index (χ0) is 20.6. The van der Waals surface area contributed by atoms with Gasteiger partial charge in [-0.25, -0.2) is 9.37 Å². The van der Waals surface area contributed by atoms with E-state index in [0.29, 0.717) is 34.0 Å². The zero-order valence-corrected chi connectivity index (χ0v) is 17.9. The van der Waals surface area contributed by atoms with Crippen LogP contribution in [0.25, 0.3) is 0 Å². The van der Waals surface area contributed by atoms with Crippen LogP contribution >= 0.6 is 27.5 Å². The second kappa shape index (κ2) is 7.94. The topological polar surface area (TPSA) is 51.6 Å². The predicted octanol–water partition coefficient (Wildman–Crippen LogP) is 5.60. The maximum atomic E-state index is 14.1. The Balaban J connectivity index is 1.67. The van der Waals surface area contributed by atoms with E-state index in [-0.39, 0.29) is 17.5 Å². The summed E-state index contributed by atoms with van der Waals surface area (Å²) in [5.41, 5.74) is 1.04. The lowest BCUT2D eigenvalue weighted by Crippen LogP contribution is -2.39. The van der Waals surface area contributed by atoms with Crippen LogP contribution < -0.4 is 9.47 Å². The highest BCUT2D eigenvalue weighted by Gasteiger charge is 2.50. The van der Waals surface area contributed by atoms with Crippen molar-refractivity contribution in [1.82, 2.24) is 4.98 Å². The fourth-order valence-corrected chi connectivity index (χ4v) is 4.46. The van der Waals surface area contributed by atoms with Gasteiger partial charge in [-0.2, -0.15) is 0 Å². The van der Waals surface area contributed by atoms with Crippen LogP contribution in [0.3, 0.4) is 0 Å². The average Bonchev–Trinajstić information content (AvgIpc) is 3.04. The van der Waals surface area contributed by atoms with E-state index in [9.17, 15) is 9.50 Å². The largest absolute Gasteiger partial charge is 0.477 e. The minimum absolute atomic E-state index is 0.0131. The van der Waals surface area contributed by atoms with Crippen molar-refractivity contribution >= 4 is 27.5 Å². The van der Waals surface area contributed by atoms with Gasteiger partial charge in [-0.05, 0) is 27.6 Å². The third-order valence-electron chi connectivity index (χ3n) is 5.21. The summed E-state index contributed by atoms with van der Waals surface area (Å²) in [4.78, 5) is 4.57. The molecule has 2 heterocycles. The van der Waals surface area contributed by atoms with E-state index in [4.69, 9.17) is 21.1 Å². The van der Waals surface area contributed by atoms with Crippen molar-refractivity contribution in [2.24, 2.45) is 0 Å². The zero-order valence-electron chi connectivity index (χ0n) is 15.5. The molecule has 0 aliphatic carbocycles. The van der Waals surface area contributed by atoms with Gasteiger partial charge >= 0.3 is 0 Å². The molecule has 2 atom stereocenters. The Bertz CT molecular complexity index is 1050. The molecule has 4 nitrogen and oxygen atoms in total. The third-order valence-corrected chi connectivity index (χ3v) is 6.63. The van der Waals surface area contributed by atoms with Crippen LogP contribution in [0.2, 0.25) is 5.02 Å². The molecule has 7 heteroatoms. The Hall–Kier alpha value is -2.15. The van der Waals surface area contributed by atoms with Crippen molar-refractivity contribution in [3.63, 3.8) is 0 Å². The Kier molecular flexibility index (Phi) is 5.51. The molecule has 1 N–H and O–H groups in total. The SMILES string of the molecule is CC1c2c(cc(F)c(Cl)c2Br)OC1(CO)c1cccc(OCc2ccccc2)n1. The number of ether oxygens (including phenoxy) is 2. The number of halogens is 3. The highest BCUT2D eigenvalue weighted by molar-refractivity contribution is 9.10. The highest BCUT2D eigenvalue weighted by atomic mass is 79.9. The van der Waals surface area contributed by atoms with Crippen LogP contribution in [0.5, 0.6) is 11.6 Å². The van der Waals surface area contributed by atoms with Crippen molar-refractivity contribution in [1.29, 1.82) is 0 Å². The van der Waals surface area contributed by atoms with Crippen molar-refractivity contribution in [2.75, 3.05) is 6.61 Å². The molecule has 3 aromatic rings. The molecule has 2 unspecified atom stereocenters. The quantitative estimate of drug-likeness (QED) is 0.485. The van der Waals surface area contributed by atoms with Gasteiger partial charge in [0.2, 0.25) is 5.88 Å². The number of aliphatic hydroxyl groups is 1. The van der Waals surface area contributed by atoms with Crippen LogP contribution in [-0.2, 0) is 12.2 Å². The molecule has 1 aliphatic rings. The number of aromatic nitrogens is 1. The Morgan fingerprint density at radius 1 is 1.24 bits per heavy atom. The van der Waals surface area contributed by atoms with Crippen molar-refractivity contribution in [3.8, 4) is 11.6 Å². The summed E-state index contributed by atoms with van der Waals surface area (Å²) >= 11 is 9.42. The van der Waals surface area contributed by atoms with Crippen LogP contribution in [0, 0.1) is 5.82 Å². The molecule has 4 rings (SSSR count). The molecule has 0 spiro atoms. The molecule has 0 bridgehead atoms. The number of nitrogens with zero attached hydrogens (tertiary/aromatic N) is 1. The number of benzene rings is 2. The highest BCUT2D eigenvalue weighted by Crippen LogP contribution is 2.54. The summed E-state index contributed by atoms with van der Waals surface area (Å²) in [6.45, 7) is 1.91. The van der Waals surface area contributed by atoms with Crippen molar-refractivity contribution < 1.29 is 19.0 Å². The lowest BCUT2D eigenvalue weighted by molar-refractivity contribution is 0.00320. The van der Waals surface area contributed by atoms with Crippen LogP contribution in [0.15, 0.2) is 59.1 Å². The van der Waals surface area contributed by atoms with E-state index in [1.54, 1.807) is 18.2 Å². The molecule has 2 aromatic carbocycles. The van der Waals surface area contributed by atoms with E-state index < -0.39 is 11.4 Å². The second-order valence-corrected chi connectivity index (χ2v) is 8.08. The molecule has 150 valence electrons. The first-order valence-electron chi connectivity index (χ1n) is 9.08. The van der Waals surface area contributed by atoms with Gasteiger partial charge in [-0.15, -0.1) is 0 Å². The van der Waals surface area contributed by atoms with E-state index in [0.717, 1.165) is 5.56 Å². The maximum absolute atomic E-state index is 14.1. The van der Waals surface area contributed by atoms with Gasteiger partial charge < -0.3 is 14.6 Å². The van der Waals surface area contributed by atoms with E-state index in [2.05, 4.69) is 20.9 Å². The fourth-order valence-electron chi connectivity index (χ4n) is 3.58. The van der Waals surface area contributed by atoms with Crippen molar-refractivity contribution in [3.05, 3.63) is 86.7 Å². The molecule has 0 fully saturated rings. The molecule has 1 aromatic heterocycles. The van der Waals surface area contributed by atoms with Gasteiger partial charge in [0.25, 0.3) is 0 Å². The maximum Gasteiger partial charge on any atom is 0.213 e. The Morgan fingerprint density at radius 3 is 2.72 bits per heavy atom. The number of fused-ring (bicyclic) bond motifs is 1. The molecular formula is C22H18BrClFNO3. The van der Waals surface area contributed by atoms with Crippen LogP contribution in [0.4, 0.5) is 4.39 Å². The number of hydrogen-bond acceptors (Lipinski definition) is 4. The Labute approximate surface area is 181 Å². The first kappa shape index (κ1) is 20.1. The first-order chi connectivity index (χ1) is 14.0. The summed E-state index contributed by atoms with van der Waals surface area (Å²) in [6.07, 6.45) is 0. The van der Waals surface area contributed by atoms with E-state index in [1.165, 1.54) is 6.07 Å². The standard InChI is InChI=1S/C22H18BrClFNO3/c1-13-19-16(10-15(25)21(24)20(19)23)29-22(13,12-27)17-8-5-9-18(26-17)28-11-14-6-3-2-4-7-14/h2-10,13,27H,11-12H2,1H3. The third kappa shape index (κ3) is 3.50. The normalized spacial score (nSPS) is 20.2. The summed E-state index contributed by atoms with van der Waals surface area (Å²) in [7, 11) is 0. The summed E-state index contributed by atoms with van der Waals surface area (Å²) in [6, 6.07) is 16.3. The first-order valence-corrected chi connectivity index (χ1v) is 10.2. The number of rotatable bonds is 5. The monoisotopic (exact) mass is 477 g/mol. The molecular weight excluding hydrogens is 461 g/mol. The summed E-state index contributed by atoms with van der Waals surface area (Å²) < 4.78 is 26.4. The van der Waals surface area contributed by atoms with Gasteiger partial charge in [0.05, 0.1) is 17.3 Å². The molecule has 0 saturated heterocycles. The molecule has 0 radical (unpaired) electrons.